The van der Waals surface area contributed by atoms with E-state index in [0.717, 1.165) is 0 Å². The lowest BCUT2D eigenvalue weighted by molar-refractivity contribution is -0.384. The van der Waals surface area contributed by atoms with Gasteiger partial charge in [0.15, 0.2) is 0 Å². The van der Waals surface area contributed by atoms with Crippen LogP contribution >= 0.6 is 0 Å². The topological polar surface area (TPSA) is 87.4 Å². The van der Waals surface area contributed by atoms with Gasteiger partial charge in [-0.1, -0.05) is 0 Å². The Morgan fingerprint density at radius 1 is 1.35 bits per heavy atom. The second-order valence-corrected chi connectivity index (χ2v) is 4.44. The summed E-state index contributed by atoms with van der Waals surface area (Å²) in [6, 6.07) is 4.64. The van der Waals surface area contributed by atoms with E-state index in [1.54, 1.807) is 27.0 Å². The molecular weight excluding hydrogens is 222 g/mol. The predicted octanol–water partition coefficient (Wildman–Crippen LogP) is 1.82. The third kappa shape index (κ3) is 4.28. The smallest absolute Gasteiger partial charge is 0.273 e. The number of aliphatic hydroxyl groups is 1. The monoisotopic (exact) mass is 239 g/mol. The third-order valence-corrected chi connectivity index (χ3v) is 2.14. The Bertz CT molecular complexity index is 413. The van der Waals surface area contributed by atoms with Gasteiger partial charge in [0.1, 0.15) is 0 Å². The van der Waals surface area contributed by atoms with Gasteiger partial charge in [0.25, 0.3) is 5.69 Å². The van der Waals surface area contributed by atoms with Crippen molar-refractivity contribution in [2.24, 2.45) is 0 Å². The van der Waals surface area contributed by atoms with E-state index < -0.39 is 10.5 Å². The molecule has 0 atom stereocenters. The zero-order chi connectivity index (χ0) is 13.1. The Hall–Kier alpha value is -1.82. The summed E-state index contributed by atoms with van der Waals surface area (Å²) < 4.78 is 0. The predicted molar refractivity (Wildman–Crippen MR) is 67.4 cm³/mol. The summed E-state index contributed by atoms with van der Waals surface area (Å²) in [5.74, 6) is 0. The number of nitro benzene ring substituents is 1. The Balaban J connectivity index is 2.91. The number of non-ortho nitro benzene ring substituents is 1. The van der Waals surface area contributed by atoms with Crippen molar-refractivity contribution in [1.29, 1.82) is 0 Å². The molecule has 0 aliphatic carbocycles. The minimum atomic E-state index is -0.871. The quantitative estimate of drug-likeness (QED) is 0.539. The molecule has 17 heavy (non-hydrogen) atoms. The van der Waals surface area contributed by atoms with Crippen LogP contribution in [0, 0.1) is 10.1 Å². The largest absolute Gasteiger partial charge is 0.389 e. The second kappa shape index (κ2) is 5.01. The average molecular weight is 239 g/mol. The molecule has 0 fully saturated rings. The number of nitrogens with zero attached hydrogens (tertiary/aromatic N) is 1. The molecule has 0 bridgehead atoms. The number of nitro groups is 1. The lowest BCUT2D eigenvalue weighted by Gasteiger charge is -2.18. The fourth-order valence-electron chi connectivity index (χ4n) is 1.28. The number of nitrogens with one attached hydrogen (secondary N) is 2. The average Bonchev–Trinajstić information content (AvgIpc) is 2.25. The van der Waals surface area contributed by atoms with Crippen molar-refractivity contribution in [3.63, 3.8) is 0 Å². The van der Waals surface area contributed by atoms with E-state index in [1.165, 1.54) is 12.1 Å². The minimum Gasteiger partial charge on any atom is -0.389 e. The van der Waals surface area contributed by atoms with Crippen molar-refractivity contribution in [3.8, 4) is 0 Å². The van der Waals surface area contributed by atoms with E-state index in [1.807, 2.05) is 0 Å². The Labute approximate surface area is 99.8 Å². The molecule has 0 saturated heterocycles. The van der Waals surface area contributed by atoms with Crippen LogP contribution in [-0.4, -0.2) is 29.2 Å². The molecule has 1 rings (SSSR count). The van der Waals surface area contributed by atoms with Gasteiger partial charge in [-0.05, 0) is 19.9 Å². The van der Waals surface area contributed by atoms with Crippen LogP contribution in [0.15, 0.2) is 18.2 Å². The molecule has 6 nitrogen and oxygen atoms in total. The van der Waals surface area contributed by atoms with Gasteiger partial charge in [-0.3, -0.25) is 10.1 Å². The van der Waals surface area contributed by atoms with Crippen LogP contribution in [0.5, 0.6) is 0 Å². The molecule has 0 heterocycles. The van der Waals surface area contributed by atoms with Crippen molar-refractivity contribution >= 4 is 17.1 Å². The molecule has 0 aromatic heterocycles. The van der Waals surface area contributed by atoms with E-state index in [9.17, 15) is 15.2 Å². The lowest BCUT2D eigenvalue weighted by Crippen LogP contribution is -2.29. The normalized spacial score (nSPS) is 11.1. The van der Waals surface area contributed by atoms with Crippen LogP contribution in [0.25, 0.3) is 0 Å². The van der Waals surface area contributed by atoms with Gasteiger partial charge in [-0.25, -0.2) is 0 Å². The van der Waals surface area contributed by atoms with Gasteiger partial charge in [-0.2, -0.15) is 0 Å². The molecule has 0 unspecified atom stereocenters. The van der Waals surface area contributed by atoms with Crippen molar-refractivity contribution in [1.82, 2.24) is 0 Å². The second-order valence-electron chi connectivity index (χ2n) is 4.44. The number of anilines is 2. The molecule has 0 aliphatic rings. The van der Waals surface area contributed by atoms with E-state index in [0.29, 0.717) is 17.9 Å². The van der Waals surface area contributed by atoms with Crippen LogP contribution in [-0.2, 0) is 0 Å². The van der Waals surface area contributed by atoms with E-state index in [-0.39, 0.29) is 5.69 Å². The molecule has 0 aliphatic heterocycles. The first kappa shape index (κ1) is 13.2. The summed E-state index contributed by atoms with van der Waals surface area (Å²) in [6.45, 7) is 3.64. The van der Waals surface area contributed by atoms with E-state index >= 15 is 0 Å². The molecule has 94 valence electrons. The van der Waals surface area contributed by atoms with Crippen molar-refractivity contribution in [2.75, 3.05) is 24.2 Å². The molecule has 1 aromatic rings. The number of rotatable bonds is 5. The summed E-state index contributed by atoms with van der Waals surface area (Å²) in [6.07, 6.45) is 0. The Morgan fingerprint density at radius 3 is 2.41 bits per heavy atom. The van der Waals surface area contributed by atoms with Crippen LogP contribution < -0.4 is 10.6 Å². The highest BCUT2D eigenvalue weighted by molar-refractivity contribution is 5.63. The highest BCUT2D eigenvalue weighted by atomic mass is 16.6. The molecule has 0 radical (unpaired) electrons. The highest BCUT2D eigenvalue weighted by Gasteiger charge is 2.14. The highest BCUT2D eigenvalue weighted by Crippen LogP contribution is 2.24. The first-order valence-electron chi connectivity index (χ1n) is 5.25. The minimum absolute atomic E-state index is 0.00935. The fraction of sp³-hybridized carbons (Fsp3) is 0.455. The summed E-state index contributed by atoms with van der Waals surface area (Å²) in [7, 11) is 1.69. The molecule has 0 amide bonds. The van der Waals surface area contributed by atoms with Crippen molar-refractivity contribution in [2.45, 2.75) is 19.4 Å². The van der Waals surface area contributed by atoms with E-state index in [4.69, 9.17) is 0 Å². The SMILES string of the molecule is CNc1cc(NCC(C)(C)O)cc([N+](=O)[O-])c1. The molecule has 6 heteroatoms. The zero-order valence-electron chi connectivity index (χ0n) is 10.2. The lowest BCUT2D eigenvalue weighted by atomic mass is 10.1. The first-order chi connectivity index (χ1) is 7.81. The van der Waals surface area contributed by atoms with Gasteiger partial charge < -0.3 is 15.7 Å². The Morgan fingerprint density at radius 2 is 1.94 bits per heavy atom. The summed E-state index contributed by atoms with van der Waals surface area (Å²) in [5.41, 5.74) is 0.392. The number of benzene rings is 1. The third-order valence-electron chi connectivity index (χ3n) is 2.14. The van der Waals surface area contributed by atoms with Crippen LogP contribution in [0.3, 0.4) is 0 Å². The van der Waals surface area contributed by atoms with Crippen LogP contribution in [0.2, 0.25) is 0 Å². The molecule has 3 N–H and O–H groups in total. The standard InChI is InChI=1S/C11H17N3O3/c1-11(2,15)7-13-9-4-8(12-3)5-10(6-9)14(16)17/h4-6,12-13,15H,7H2,1-3H3. The summed E-state index contributed by atoms with van der Waals surface area (Å²) >= 11 is 0. The van der Waals surface area contributed by atoms with Gasteiger partial charge in [-0.15, -0.1) is 0 Å². The molecular formula is C11H17N3O3. The molecule has 1 aromatic carbocycles. The summed E-state index contributed by atoms with van der Waals surface area (Å²) in [4.78, 5) is 10.3. The maximum absolute atomic E-state index is 10.7. The summed E-state index contributed by atoms with van der Waals surface area (Å²) in [5, 5.41) is 26.1. The van der Waals surface area contributed by atoms with Crippen molar-refractivity contribution < 1.29 is 10.0 Å². The van der Waals surface area contributed by atoms with Crippen LogP contribution in [0.4, 0.5) is 17.1 Å². The number of hydrogen-bond donors (Lipinski definition) is 3. The molecule has 0 saturated carbocycles. The van der Waals surface area contributed by atoms with Crippen LogP contribution in [0.1, 0.15) is 13.8 Å². The molecule has 0 spiro atoms. The van der Waals surface area contributed by atoms with E-state index in [2.05, 4.69) is 10.6 Å². The maximum atomic E-state index is 10.7. The van der Waals surface area contributed by atoms with Gasteiger partial charge >= 0.3 is 0 Å². The fourth-order valence-corrected chi connectivity index (χ4v) is 1.28. The van der Waals surface area contributed by atoms with Gasteiger partial charge in [0, 0.05) is 37.1 Å². The maximum Gasteiger partial charge on any atom is 0.273 e. The first-order valence-corrected chi connectivity index (χ1v) is 5.25. The zero-order valence-corrected chi connectivity index (χ0v) is 10.2. The van der Waals surface area contributed by atoms with Gasteiger partial charge in [0.2, 0.25) is 0 Å². The van der Waals surface area contributed by atoms with Gasteiger partial charge in [0.05, 0.1) is 10.5 Å². The van der Waals surface area contributed by atoms with Crippen molar-refractivity contribution in [3.05, 3.63) is 28.3 Å². The number of hydrogen-bond acceptors (Lipinski definition) is 5. The Kier molecular flexibility index (Phi) is 3.90.